The summed E-state index contributed by atoms with van der Waals surface area (Å²) in [4.78, 5) is 13.6. The molecule has 0 aromatic heterocycles. The van der Waals surface area contributed by atoms with Gasteiger partial charge in [0.1, 0.15) is 6.61 Å². The molecule has 27 heavy (non-hydrogen) atoms. The van der Waals surface area contributed by atoms with E-state index < -0.39 is 0 Å². The number of nitro benzene ring substituents is 1. The molecule has 0 radical (unpaired) electrons. The Balaban J connectivity index is 1.63. The van der Waals surface area contributed by atoms with E-state index in [9.17, 15) is 10.1 Å². The van der Waals surface area contributed by atoms with Gasteiger partial charge in [-0.05, 0) is 41.9 Å². The highest BCUT2D eigenvalue weighted by Gasteiger charge is 2.22. The summed E-state index contributed by atoms with van der Waals surface area (Å²) < 4.78 is 5.71. The zero-order valence-electron chi connectivity index (χ0n) is 16.1. The molecule has 1 saturated heterocycles. The van der Waals surface area contributed by atoms with Crippen molar-refractivity contribution in [3.8, 4) is 5.75 Å². The van der Waals surface area contributed by atoms with Gasteiger partial charge >= 0.3 is 5.69 Å². The van der Waals surface area contributed by atoms with Crippen LogP contribution < -0.4 is 4.74 Å². The topological polar surface area (TPSA) is 55.6 Å². The van der Waals surface area contributed by atoms with Crippen molar-refractivity contribution < 1.29 is 9.66 Å². The van der Waals surface area contributed by atoms with Gasteiger partial charge in [-0.3, -0.25) is 10.1 Å². The normalized spacial score (nSPS) is 20.4. The van der Waals surface area contributed by atoms with Gasteiger partial charge in [0, 0.05) is 25.7 Å². The number of likely N-dealkylation sites (tertiary alicyclic amines) is 1. The first-order valence-electron chi connectivity index (χ1n) is 9.67. The van der Waals surface area contributed by atoms with Gasteiger partial charge in [0.15, 0.2) is 5.75 Å². The molecule has 1 heterocycles. The molecule has 5 nitrogen and oxygen atoms in total. The Morgan fingerprint density at radius 1 is 1.07 bits per heavy atom. The summed E-state index contributed by atoms with van der Waals surface area (Å²) in [5.41, 5.74) is 2.02. The maximum atomic E-state index is 11.5. The first-order chi connectivity index (χ1) is 13.0. The molecule has 5 heteroatoms. The van der Waals surface area contributed by atoms with E-state index in [1.807, 2.05) is 36.4 Å². The fourth-order valence-corrected chi connectivity index (χ4v) is 3.98. The predicted molar refractivity (Wildman–Crippen MR) is 107 cm³/mol. The Morgan fingerprint density at radius 3 is 2.44 bits per heavy atom. The van der Waals surface area contributed by atoms with Crippen LogP contribution in [-0.4, -0.2) is 29.5 Å². The Labute approximate surface area is 161 Å². The van der Waals surface area contributed by atoms with E-state index in [1.165, 1.54) is 6.42 Å². The highest BCUT2D eigenvalue weighted by atomic mass is 16.6. The van der Waals surface area contributed by atoms with Crippen LogP contribution in [0.15, 0.2) is 48.5 Å². The molecule has 0 spiro atoms. The number of piperidine rings is 1. The summed E-state index contributed by atoms with van der Waals surface area (Å²) in [5.74, 6) is 1.77. The number of ether oxygens (including phenoxy) is 1. The third-order valence-corrected chi connectivity index (χ3v) is 5.12. The van der Waals surface area contributed by atoms with Gasteiger partial charge in [-0.1, -0.05) is 50.2 Å². The fraction of sp³-hybridized carbons (Fsp3) is 0.455. The summed E-state index contributed by atoms with van der Waals surface area (Å²) >= 11 is 0. The molecule has 1 fully saturated rings. The quantitative estimate of drug-likeness (QED) is 0.525. The molecule has 0 aliphatic carbocycles. The lowest BCUT2D eigenvalue weighted by molar-refractivity contribution is -0.386. The van der Waals surface area contributed by atoms with Gasteiger partial charge in [0.25, 0.3) is 0 Å². The Hall–Kier alpha value is -2.40. The number of hydrogen-bond acceptors (Lipinski definition) is 4. The molecule has 1 aliphatic rings. The van der Waals surface area contributed by atoms with Crippen LogP contribution >= 0.6 is 0 Å². The Bertz CT molecular complexity index is 753. The molecule has 2 atom stereocenters. The molecule has 3 rings (SSSR count). The van der Waals surface area contributed by atoms with E-state index in [2.05, 4.69) is 18.7 Å². The average molecular weight is 368 g/mol. The molecule has 0 N–H and O–H groups in total. The zero-order chi connectivity index (χ0) is 19.2. The molecule has 2 unspecified atom stereocenters. The largest absolute Gasteiger partial charge is 0.482 e. The van der Waals surface area contributed by atoms with Crippen molar-refractivity contribution in [2.45, 2.75) is 33.3 Å². The van der Waals surface area contributed by atoms with Crippen LogP contribution in [0.5, 0.6) is 5.75 Å². The number of nitrogens with zero attached hydrogens (tertiary/aromatic N) is 2. The standard InChI is InChI=1S/C22H28N2O3/c1-17-12-18(2)15-23(14-17)11-10-19-8-9-22(21(13-19)24(25)26)27-16-20-6-4-3-5-7-20/h3-9,13,17-18H,10-12,14-16H2,1-2H3. The molecule has 2 aromatic carbocycles. The van der Waals surface area contributed by atoms with Crippen molar-refractivity contribution >= 4 is 5.69 Å². The van der Waals surface area contributed by atoms with Crippen LogP contribution in [0, 0.1) is 22.0 Å². The van der Waals surface area contributed by atoms with Crippen molar-refractivity contribution in [2.75, 3.05) is 19.6 Å². The van der Waals surface area contributed by atoms with Crippen LogP contribution in [0.3, 0.4) is 0 Å². The minimum absolute atomic E-state index is 0.0452. The Morgan fingerprint density at radius 2 is 1.78 bits per heavy atom. The van der Waals surface area contributed by atoms with Crippen LogP contribution in [0.25, 0.3) is 0 Å². The van der Waals surface area contributed by atoms with E-state index in [0.29, 0.717) is 12.4 Å². The number of nitro groups is 1. The van der Waals surface area contributed by atoms with Gasteiger partial charge in [0.2, 0.25) is 0 Å². The van der Waals surface area contributed by atoms with Gasteiger partial charge in [-0.25, -0.2) is 0 Å². The molecule has 0 saturated carbocycles. The highest BCUT2D eigenvalue weighted by molar-refractivity contribution is 5.48. The van der Waals surface area contributed by atoms with Crippen molar-refractivity contribution in [1.29, 1.82) is 0 Å². The highest BCUT2D eigenvalue weighted by Crippen LogP contribution is 2.29. The SMILES string of the molecule is CC1CC(C)CN(CCc2ccc(OCc3ccccc3)c([N+](=O)[O-])c2)C1. The van der Waals surface area contributed by atoms with Crippen LogP contribution in [0.4, 0.5) is 5.69 Å². The number of benzene rings is 2. The lowest BCUT2D eigenvalue weighted by Gasteiger charge is -2.34. The summed E-state index contributed by atoms with van der Waals surface area (Å²) in [5, 5.41) is 11.5. The minimum atomic E-state index is -0.352. The van der Waals surface area contributed by atoms with Crippen molar-refractivity contribution in [2.24, 2.45) is 11.8 Å². The minimum Gasteiger partial charge on any atom is -0.482 e. The third kappa shape index (κ3) is 5.54. The van der Waals surface area contributed by atoms with Gasteiger partial charge in [-0.15, -0.1) is 0 Å². The predicted octanol–water partition coefficient (Wildman–Crippen LogP) is 4.69. The van der Waals surface area contributed by atoms with Gasteiger partial charge in [-0.2, -0.15) is 0 Å². The van der Waals surface area contributed by atoms with Gasteiger partial charge < -0.3 is 9.64 Å². The smallest absolute Gasteiger partial charge is 0.311 e. The lowest BCUT2D eigenvalue weighted by atomic mass is 9.91. The van der Waals surface area contributed by atoms with E-state index in [1.54, 1.807) is 12.1 Å². The Kier molecular flexibility index (Phi) is 6.45. The second kappa shape index (κ2) is 9.00. The first-order valence-corrected chi connectivity index (χ1v) is 9.67. The molecule has 1 aliphatic heterocycles. The monoisotopic (exact) mass is 368 g/mol. The van der Waals surface area contributed by atoms with E-state index in [0.717, 1.165) is 49.0 Å². The molecule has 2 aromatic rings. The molecular weight excluding hydrogens is 340 g/mol. The molecule has 0 amide bonds. The maximum absolute atomic E-state index is 11.5. The average Bonchev–Trinajstić information content (AvgIpc) is 2.65. The van der Waals surface area contributed by atoms with Gasteiger partial charge in [0.05, 0.1) is 4.92 Å². The van der Waals surface area contributed by atoms with Crippen molar-refractivity contribution in [3.63, 3.8) is 0 Å². The summed E-state index contributed by atoms with van der Waals surface area (Å²) in [6, 6.07) is 15.0. The van der Waals surface area contributed by atoms with Crippen LogP contribution in [0.2, 0.25) is 0 Å². The first kappa shape index (κ1) is 19.4. The van der Waals surface area contributed by atoms with E-state index >= 15 is 0 Å². The molecule has 144 valence electrons. The van der Waals surface area contributed by atoms with Crippen LogP contribution in [0.1, 0.15) is 31.4 Å². The van der Waals surface area contributed by atoms with Crippen molar-refractivity contribution in [1.82, 2.24) is 4.90 Å². The van der Waals surface area contributed by atoms with E-state index in [4.69, 9.17) is 4.74 Å². The second-order valence-corrected chi connectivity index (χ2v) is 7.79. The summed E-state index contributed by atoms with van der Waals surface area (Å²) in [7, 11) is 0. The number of hydrogen-bond donors (Lipinski definition) is 0. The third-order valence-electron chi connectivity index (χ3n) is 5.12. The lowest BCUT2D eigenvalue weighted by Crippen LogP contribution is -2.39. The second-order valence-electron chi connectivity index (χ2n) is 7.79. The van der Waals surface area contributed by atoms with Crippen molar-refractivity contribution in [3.05, 3.63) is 69.8 Å². The maximum Gasteiger partial charge on any atom is 0.311 e. The summed E-state index contributed by atoms with van der Waals surface area (Å²) in [6.07, 6.45) is 2.11. The summed E-state index contributed by atoms with van der Waals surface area (Å²) in [6.45, 7) is 8.09. The molecular formula is C22H28N2O3. The molecule has 0 bridgehead atoms. The number of rotatable bonds is 7. The van der Waals surface area contributed by atoms with Crippen LogP contribution in [-0.2, 0) is 13.0 Å². The van der Waals surface area contributed by atoms with E-state index in [-0.39, 0.29) is 10.6 Å². The zero-order valence-corrected chi connectivity index (χ0v) is 16.1. The fourth-order valence-electron chi connectivity index (χ4n) is 3.98.